The van der Waals surface area contributed by atoms with E-state index >= 15 is 0 Å². The topological polar surface area (TPSA) is 53.4 Å². The molecule has 0 saturated carbocycles. The third-order valence-electron chi connectivity index (χ3n) is 6.02. The molecule has 168 valence electrons. The fraction of sp³-hybridized carbons (Fsp3) is 0.231. The molecule has 0 unspecified atom stereocenters. The number of nitrogens with zero attached hydrogens (tertiary/aromatic N) is 4. The Balaban J connectivity index is 1.27. The van der Waals surface area contributed by atoms with Gasteiger partial charge in [-0.15, -0.1) is 0 Å². The molecule has 1 fully saturated rings. The summed E-state index contributed by atoms with van der Waals surface area (Å²) in [5.74, 6) is 0.658. The summed E-state index contributed by atoms with van der Waals surface area (Å²) in [5, 5.41) is 2.93. The molecule has 5 rings (SSSR count). The zero-order chi connectivity index (χ0) is 22.6. The van der Waals surface area contributed by atoms with Crippen molar-refractivity contribution in [3.63, 3.8) is 0 Å². The van der Waals surface area contributed by atoms with Crippen LogP contribution in [0, 0.1) is 5.82 Å². The highest BCUT2D eigenvalue weighted by Gasteiger charge is 2.25. The van der Waals surface area contributed by atoms with Gasteiger partial charge in [0.1, 0.15) is 5.82 Å². The molecule has 1 saturated heterocycles. The van der Waals surface area contributed by atoms with E-state index in [9.17, 15) is 9.18 Å². The van der Waals surface area contributed by atoms with Crippen molar-refractivity contribution in [2.75, 3.05) is 31.1 Å². The number of carbonyl (C=O) groups excluding carboxylic acids is 1. The lowest BCUT2D eigenvalue weighted by Gasteiger charge is -2.35. The molecule has 2 heterocycles. The maximum Gasteiger partial charge on any atom is 0.317 e. The van der Waals surface area contributed by atoms with Crippen LogP contribution in [-0.4, -0.2) is 46.7 Å². The second kappa shape index (κ2) is 9.32. The molecule has 0 radical (unpaired) electrons. The van der Waals surface area contributed by atoms with Crippen LogP contribution in [0.25, 0.3) is 11.0 Å². The molecular weight excluding hydrogens is 417 g/mol. The van der Waals surface area contributed by atoms with E-state index in [-0.39, 0.29) is 11.8 Å². The Kier molecular flexibility index (Phi) is 5.93. The SMILES string of the molecule is O=C(NCc1ccc(F)cc1)N1CCN(c2nc3ccccc3n2Cc2ccccc2)CC1. The fourth-order valence-electron chi connectivity index (χ4n) is 4.23. The predicted octanol–water partition coefficient (Wildman–Crippen LogP) is 4.26. The lowest BCUT2D eigenvalue weighted by molar-refractivity contribution is 0.193. The number of amides is 2. The van der Waals surface area contributed by atoms with Crippen molar-refractivity contribution in [3.8, 4) is 0 Å². The Labute approximate surface area is 192 Å². The maximum atomic E-state index is 13.1. The second-order valence-corrected chi connectivity index (χ2v) is 8.23. The van der Waals surface area contributed by atoms with E-state index in [0.717, 1.165) is 29.1 Å². The van der Waals surface area contributed by atoms with Crippen LogP contribution in [0.3, 0.4) is 0 Å². The zero-order valence-corrected chi connectivity index (χ0v) is 18.3. The molecule has 3 aromatic carbocycles. The van der Waals surface area contributed by atoms with E-state index in [0.29, 0.717) is 32.7 Å². The predicted molar refractivity (Wildman–Crippen MR) is 128 cm³/mol. The molecule has 0 aliphatic carbocycles. The van der Waals surface area contributed by atoms with Crippen molar-refractivity contribution in [2.45, 2.75) is 13.1 Å². The summed E-state index contributed by atoms with van der Waals surface area (Å²) in [4.78, 5) is 21.6. The third kappa shape index (κ3) is 4.67. The highest BCUT2D eigenvalue weighted by Crippen LogP contribution is 2.25. The smallest absolute Gasteiger partial charge is 0.317 e. The molecule has 0 spiro atoms. The van der Waals surface area contributed by atoms with Gasteiger partial charge in [-0.25, -0.2) is 14.2 Å². The number of urea groups is 1. The van der Waals surface area contributed by atoms with E-state index in [1.807, 2.05) is 29.2 Å². The van der Waals surface area contributed by atoms with Crippen LogP contribution in [0.5, 0.6) is 0 Å². The highest BCUT2D eigenvalue weighted by molar-refractivity contribution is 5.79. The number of aromatic nitrogens is 2. The molecule has 1 aliphatic rings. The van der Waals surface area contributed by atoms with Gasteiger partial charge in [0, 0.05) is 32.7 Å². The fourth-order valence-corrected chi connectivity index (χ4v) is 4.23. The number of hydrogen-bond donors (Lipinski definition) is 1. The van der Waals surface area contributed by atoms with E-state index in [2.05, 4.69) is 45.1 Å². The number of benzene rings is 3. The zero-order valence-electron chi connectivity index (χ0n) is 18.3. The summed E-state index contributed by atoms with van der Waals surface area (Å²) in [5.41, 5.74) is 4.18. The van der Waals surface area contributed by atoms with Gasteiger partial charge in [0.25, 0.3) is 0 Å². The average molecular weight is 444 g/mol. The van der Waals surface area contributed by atoms with Crippen LogP contribution in [-0.2, 0) is 13.1 Å². The Hall–Kier alpha value is -3.87. The normalized spacial score (nSPS) is 14.0. The monoisotopic (exact) mass is 443 g/mol. The van der Waals surface area contributed by atoms with Crippen LogP contribution >= 0.6 is 0 Å². The Morgan fingerprint density at radius 3 is 2.30 bits per heavy atom. The number of carbonyl (C=O) groups is 1. The van der Waals surface area contributed by atoms with Crippen molar-refractivity contribution >= 4 is 23.0 Å². The number of nitrogens with one attached hydrogen (secondary N) is 1. The summed E-state index contributed by atoms with van der Waals surface area (Å²) in [6.45, 7) is 3.78. The lowest BCUT2D eigenvalue weighted by Crippen LogP contribution is -2.52. The van der Waals surface area contributed by atoms with Crippen molar-refractivity contribution in [1.82, 2.24) is 19.8 Å². The Morgan fingerprint density at radius 1 is 0.848 bits per heavy atom. The van der Waals surface area contributed by atoms with Gasteiger partial charge in [-0.3, -0.25) is 0 Å². The Bertz CT molecular complexity index is 1230. The minimum atomic E-state index is -0.278. The maximum absolute atomic E-state index is 13.1. The van der Waals surface area contributed by atoms with Crippen molar-refractivity contribution in [2.24, 2.45) is 0 Å². The van der Waals surface area contributed by atoms with Gasteiger partial charge in [-0.1, -0.05) is 54.6 Å². The molecule has 4 aromatic rings. The van der Waals surface area contributed by atoms with Gasteiger partial charge in [-0.2, -0.15) is 0 Å². The minimum Gasteiger partial charge on any atom is -0.339 e. The lowest BCUT2D eigenvalue weighted by atomic mass is 10.2. The summed E-state index contributed by atoms with van der Waals surface area (Å²) in [6, 6.07) is 24.7. The van der Waals surface area contributed by atoms with Crippen LogP contribution in [0.15, 0.2) is 78.9 Å². The standard InChI is InChI=1S/C26H26FN5O/c27-22-12-10-20(11-13-22)18-28-26(33)31-16-14-30(15-17-31)25-29-23-8-4-5-9-24(23)32(25)19-21-6-2-1-3-7-21/h1-13H,14-19H2,(H,28,33). The number of piperazine rings is 1. The number of fused-ring (bicyclic) bond motifs is 1. The largest absolute Gasteiger partial charge is 0.339 e. The first-order valence-corrected chi connectivity index (χ1v) is 11.2. The summed E-state index contributed by atoms with van der Waals surface area (Å²) < 4.78 is 15.3. The second-order valence-electron chi connectivity index (χ2n) is 8.23. The highest BCUT2D eigenvalue weighted by atomic mass is 19.1. The molecule has 0 bridgehead atoms. The van der Waals surface area contributed by atoms with Gasteiger partial charge < -0.3 is 19.7 Å². The molecule has 0 atom stereocenters. The van der Waals surface area contributed by atoms with Gasteiger partial charge in [0.2, 0.25) is 5.95 Å². The summed E-state index contributed by atoms with van der Waals surface area (Å²) in [7, 11) is 0. The molecule has 1 aliphatic heterocycles. The van der Waals surface area contributed by atoms with Crippen LogP contribution in [0.4, 0.5) is 15.1 Å². The van der Waals surface area contributed by atoms with E-state index in [1.165, 1.54) is 17.7 Å². The first kappa shape index (κ1) is 21.0. The number of rotatable bonds is 5. The molecule has 2 amide bonds. The van der Waals surface area contributed by atoms with Crippen molar-refractivity contribution in [1.29, 1.82) is 0 Å². The number of hydrogen-bond acceptors (Lipinski definition) is 3. The quantitative estimate of drug-likeness (QED) is 0.502. The van der Waals surface area contributed by atoms with Crippen LogP contribution < -0.4 is 10.2 Å². The van der Waals surface area contributed by atoms with Crippen molar-refractivity contribution in [3.05, 3.63) is 95.8 Å². The van der Waals surface area contributed by atoms with Crippen LogP contribution in [0.1, 0.15) is 11.1 Å². The molecule has 1 aromatic heterocycles. The molecule has 6 nitrogen and oxygen atoms in total. The molecular formula is C26H26FN5O. The first-order chi connectivity index (χ1) is 16.2. The number of para-hydroxylation sites is 2. The number of anilines is 1. The number of imidazole rings is 1. The molecule has 7 heteroatoms. The first-order valence-electron chi connectivity index (χ1n) is 11.2. The van der Waals surface area contributed by atoms with Gasteiger partial charge in [0.05, 0.1) is 17.6 Å². The molecule has 1 N–H and O–H groups in total. The summed E-state index contributed by atoms with van der Waals surface area (Å²) >= 11 is 0. The Morgan fingerprint density at radius 2 is 1.55 bits per heavy atom. The van der Waals surface area contributed by atoms with Crippen molar-refractivity contribution < 1.29 is 9.18 Å². The van der Waals surface area contributed by atoms with Gasteiger partial charge in [0.15, 0.2) is 0 Å². The van der Waals surface area contributed by atoms with E-state index < -0.39 is 0 Å². The third-order valence-corrected chi connectivity index (χ3v) is 6.02. The number of halogens is 1. The van der Waals surface area contributed by atoms with E-state index in [1.54, 1.807) is 12.1 Å². The minimum absolute atomic E-state index is 0.100. The van der Waals surface area contributed by atoms with Crippen LogP contribution in [0.2, 0.25) is 0 Å². The molecule has 33 heavy (non-hydrogen) atoms. The van der Waals surface area contributed by atoms with E-state index in [4.69, 9.17) is 4.98 Å². The average Bonchev–Trinajstić information content (AvgIpc) is 3.22. The summed E-state index contributed by atoms with van der Waals surface area (Å²) in [6.07, 6.45) is 0. The van der Waals surface area contributed by atoms with Gasteiger partial charge >= 0.3 is 6.03 Å². The van der Waals surface area contributed by atoms with Gasteiger partial charge in [-0.05, 0) is 35.4 Å².